The molecule has 0 bridgehead atoms. The van der Waals surface area contributed by atoms with Gasteiger partial charge in [0.2, 0.25) is 17.7 Å². The van der Waals surface area contributed by atoms with Gasteiger partial charge < -0.3 is 40.6 Å². The Labute approximate surface area is 320 Å². The molecule has 2 saturated heterocycles. The Morgan fingerprint density at radius 3 is 2.29 bits per heavy atom. The van der Waals surface area contributed by atoms with Crippen molar-refractivity contribution in [3.63, 3.8) is 0 Å². The van der Waals surface area contributed by atoms with Gasteiger partial charge in [0.1, 0.15) is 17.0 Å². The number of unbranched alkanes of at least 4 members (excludes halogenated alkanes) is 1. The zero-order chi connectivity index (χ0) is 38.7. The van der Waals surface area contributed by atoms with E-state index in [-0.39, 0.29) is 35.9 Å². The number of likely N-dealkylation sites (tertiary alicyclic amines) is 1. The van der Waals surface area contributed by atoms with Gasteiger partial charge in [-0.1, -0.05) is 12.1 Å². The van der Waals surface area contributed by atoms with E-state index in [1.54, 1.807) is 33.7 Å². The normalized spacial score (nSPS) is 16.4. The number of aryl methyl sites for hydroxylation is 1. The van der Waals surface area contributed by atoms with Crippen molar-refractivity contribution in [2.45, 2.75) is 57.0 Å². The van der Waals surface area contributed by atoms with Crippen molar-refractivity contribution in [3.05, 3.63) is 70.3 Å². The van der Waals surface area contributed by atoms with E-state index in [0.29, 0.717) is 67.5 Å². The Bertz CT molecular complexity index is 1970. The molecule has 4 aromatic rings. The summed E-state index contributed by atoms with van der Waals surface area (Å²) >= 11 is 0. The van der Waals surface area contributed by atoms with Crippen molar-refractivity contribution in [1.29, 1.82) is 0 Å². The summed E-state index contributed by atoms with van der Waals surface area (Å²) in [5, 5.41) is 23.1. The summed E-state index contributed by atoms with van der Waals surface area (Å²) in [7, 11) is 4.85. The Balaban J connectivity index is 0.846. The minimum absolute atomic E-state index is 0.0315. The minimum atomic E-state index is -0.165. The predicted octanol–water partition coefficient (Wildman–Crippen LogP) is 2.62. The highest BCUT2D eigenvalue weighted by Gasteiger charge is 2.23. The summed E-state index contributed by atoms with van der Waals surface area (Å²) in [4.78, 5) is 51.3. The molecule has 0 aliphatic carbocycles. The highest BCUT2D eigenvalue weighted by Crippen LogP contribution is 2.37. The number of pyridine rings is 1. The number of aromatic nitrogens is 3. The molecule has 15 heteroatoms. The number of benzene rings is 2. The van der Waals surface area contributed by atoms with Crippen molar-refractivity contribution >= 4 is 34.3 Å². The molecule has 2 aliphatic heterocycles. The number of piperidine rings is 2. The zero-order valence-corrected chi connectivity index (χ0v) is 32.0. The largest absolute Gasteiger partial charge is 0.496 e. The maximum Gasteiger partial charge on any atom is 0.276 e. The Kier molecular flexibility index (Phi) is 13.4. The number of carbonyl (C=O) groups is 3. The summed E-state index contributed by atoms with van der Waals surface area (Å²) in [6.07, 6.45) is 8.36. The number of nitrogens with zero attached hydrogens (tertiary/aromatic N) is 3. The van der Waals surface area contributed by atoms with Gasteiger partial charge in [0, 0.05) is 74.1 Å². The third-order valence-electron chi connectivity index (χ3n) is 10.5. The number of nitrogens with one attached hydrogen (secondary N) is 6. The molecule has 15 nitrogen and oxygen atoms in total. The number of rotatable bonds is 17. The smallest absolute Gasteiger partial charge is 0.276 e. The average molecular weight is 756 g/mol. The van der Waals surface area contributed by atoms with Gasteiger partial charge in [0.15, 0.2) is 0 Å². The molecule has 2 aromatic carbocycles. The number of hydrogen-bond acceptors (Lipinski definition) is 10. The van der Waals surface area contributed by atoms with Crippen LogP contribution < -0.4 is 41.6 Å². The van der Waals surface area contributed by atoms with E-state index in [1.807, 2.05) is 12.1 Å². The lowest BCUT2D eigenvalue weighted by Gasteiger charge is -2.32. The third kappa shape index (κ3) is 10.2. The lowest BCUT2D eigenvalue weighted by molar-refractivity contribution is -0.123. The summed E-state index contributed by atoms with van der Waals surface area (Å²) in [6, 6.07) is 12.7. The van der Waals surface area contributed by atoms with Crippen LogP contribution in [0.15, 0.2) is 53.6 Å². The number of methoxy groups -OCH3 is 2. The van der Waals surface area contributed by atoms with Gasteiger partial charge in [0.05, 0.1) is 33.5 Å². The monoisotopic (exact) mass is 755 g/mol. The van der Waals surface area contributed by atoms with Gasteiger partial charge in [-0.15, -0.1) is 0 Å². The second-order valence-corrected chi connectivity index (χ2v) is 14.3. The van der Waals surface area contributed by atoms with E-state index >= 15 is 0 Å². The number of carbonyl (C=O) groups excluding carboxylic acids is 3. The molecule has 1 unspecified atom stereocenters. The van der Waals surface area contributed by atoms with E-state index in [4.69, 9.17) is 9.47 Å². The fraction of sp³-hybridized carbons (Fsp3) is 0.475. The van der Waals surface area contributed by atoms with Crippen LogP contribution in [-0.4, -0.2) is 103 Å². The molecule has 1 atom stereocenters. The molecule has 2 fully saturated rings. The number of H-pyrrole nitrogens is 1. The quantitative estimate of drug-likeness (QED) is 0.0877. The zero-order valence-electron chi connectivity index (χ0n) is 32.0. The average Bonchev–Trinajstić information content (AvgIpc) is 3.70. The predicted molar refractivity (Wildman–Crippen MR) is 211 cm³/mol. The molecule has 0 radical (unpaired) electrons. The molecule has 55 heavy (non-hydrogen) atoms. The maximum absolute atomic E-state index is 12.6. The van der Waals surface area contributed by atoms with Crippen molar-refractivity contribution < 1.29 is 23.9 Å². The molecular weight excluding hydrogens is 702 g/mol. The number of fused-ring (bicyclic) bond motifs is 1. The highest BCUT2D eigenvalue weighted by atomic mass is 16.5. The van der Waals surface area contributed by atoms with Gasteiger partial charge in [-0.3, -0.25) is 29.2 Å². The van der Waals surface area contributed by atoms with E-state index in [9.17, 15) is 19.2 Å². The summed E-state index contributed by atoms with van der Waals surface area (Å²) in [5.41, 5.74) is 5.03. The molecule has 4 heterocycles. The van der Waals surface area contributed by atoms with Crippen LogP contribution in [0.2, 0.25) is 0 Å². The highest BCUT2D eigenvalue weighted by molar-refractivity contribution is 5.94. The van der Waals surface area contributed by atoms with Gasteiger partial charge in [-0.05, 0) is 86.5 Å². The second-order valence-electron chi connectivity index (χ2n) is 14.3. The second kappa shape index (κ2) is 18.8. The molecule has 0 spiro atoms. The van der Waals surface area contributed by atoms with Crippen molar-refractivity contribution in [2.75, 3.05) is 65.3 Å². The molecule has 0 saturated carbocycles. The number of hydrogen-bond donors (Lipinski definition) is 6. The van der Waals surface area contributed by atoms with E-state index < -0.39 is 0 Å². The lowest BCUT2D eigenvalue weighted by Crippen LogP contribution is -2.41. The third-order valence-corrected chi connectivity index (χ3v) is 10.5. The summed E-state index contributed by atoms with van der Waals surface area (Å²) in [6.45, 7) is 4.37. The first-order valence-corrected chi connectivity index (χ1v) is 19.1. The summed E-state index contributed by atoms with van der Waals surface area (Å²) < 4.78 is 12.9. The van der Waals surface area contributed by atoms with Crippen LogP contribution in [0.1, 0.15) is 55.6 Å². The molecule has 3 amide bonds. The Morgan fingerprint density at radius 1 is 0.945 bits per heavy atom. The van der Waals surface area contributed by atoms with Gasteiger partial charge in [-0.2, -0.15) is 5.10 Å². The van der Waals surface area contributed by atoms with Crippen molar-refractivity contribution in [1.82, 2.24) is 40.9 Å². The number of aromatic amines is 1. The summed E-state index contributed by atoms with van der Waals surface area (Å²) in [5.74, 6) is 1.69. The molecule has 6 N–H and O–H groups in total. The first-order chi connectivity index (χ1) is 26.7. The van der Waals surface area contributed by atoms with E-state index in [0.717, 1.165) is 67.6 Å². The molecule has 2 aromatic heterocycles. The Morgan fingerprint density at radius 2 is 1.64 bits per heavy atom. The van der Waals surface area contributed by atoms with Gasteiger partial charge >= 0.3 is 0 Å². The number of ether oxygens (including phenoxy) is 2. The van der Waals surface area contributed by atoms with Crippen LogP contribution in [0.3, 0.4) is 0 Å². The van der Waals surface area contributed by atoms with Gasteiger partial charge in [-0.25, -0.2) is 0 Å². The molecule has 6 rings (SSSR count). The van der Waals surface area contributed by atoms with Crippen LogP contribution >= 0.6 is 0 Å². The molecular formula is C40H53N9O6. The number of amides is 3. The van der Waals surface area contributed by atoms with Crippen LogP contribution in [0.4, 0.5) is 5.69 Å². The lowest BCUT2D eigenvalue weighted by atomic mass is 9.89. The molecule has 294 valence electrons. The fourth-order valence-electron chi connectivity index (χ4n) is 7.39. The first kappa shape index (κ1) is 39.3. The topological polar surface area (TPSA) is 184 Å². The van der Waals surface area contributed by atoms with Gasteiger partial charge in [0.25, 0.3) is 5.56 Å². The van der Waals surface area contributed by atoms with Crippen LogP contribution in [0, 0.1) is 0 Å². The molecule has 2 aliphatic rings. The minimum Gasteiger partial charge on any atom is -0.496 e. The van der Waals surface area contributed by atoms with Crippen LogP contribution in [-0.2, 0) is 28.0 Å². The fourth-order valence-corrected chi connectivity index (χ4v) is 7.39. The first-order valence-electron chi connectivity index (χ1n) is 19.1. The van der Waals surface area contributed by atoms with Crippen molar-refractivity contribution in [3.8, 4) is 22.6 Å². The van der Waals surface area contributed by atoms with E-state index in [1.165, 1.54) is 10.1 Å². The standard InChI is InChI=1S/C40H53N9O6/c1-48-24-33(31-22-45-47-39(31)40(48)53)28-18-34(54-2)32(35(19-28)55-3)21-41-23-37(51)42-14-4-5-15-43-38(52)25-49-16-12-27(13-17-49)26-6-8-29(9-7-26)46-30-10-11-36(50)44-20-30/h6-9,18-19,22,24,27,30,41,46H,4-5,10-17,20-21,23,25H2,1-3H3,(H,42,51)(H,43,52)(H,44,50)(H,45,47). The van der Waals surface area contributed by atoms with Crippen molar-refractivity contribution in [2.24, 2.45) is 7.05 Å². The van der Waals surface area contributed by atoms with E-state index in [2.05, 4.69) is 65.9 Å². The number of anilines is 1. The van der Waals surface area contributed by atoms with Crippen LogP contribution in [0.25, 0.3) is 22.0 Å². The van der Waals surface area contributed by atoms with Crippen LogP contribution in [0.5, 0.6) is 11.5 Å². The SMILES string of the molecule is COc1cc(-c2cn(C)c(=O)c3[nH]ncc23)cc(OC)c1CNCC(=O)NCCCCNC(=O)CN1CCC(c2ccc(NC3CCC(=O)NC3)cc2)CC1. The maximum atomic E-state index is 12.6. The Hall–Kier alpha value is -5.41.